The summed E-state index contributed by atoms with van der Waals surface area (Å²) in [5, 5.41) is -0.293. The van der Waals surface area contributed by atoms with Crippen molar-refractivity contribution >= 4 is 22.0 Å². The van der Waals surface area contributed by atoms with E-state index in [0.717, 1.165) is 24.2 Å². The normalized spacial score (nSPS) is 26.7. The number of ether oxygens (including phenoxy) is 1. The number of amides is 2. The molecule has 112 valence electrons. The molecule has 1 aliphatic carbocycles. The lowest BCUT2D eigenvalue weighted by atomic mass is 10.0. The van der Waals surface area contributed by atoms with Gasteiger partial charge in [-0.3, -0.25) is 4.79 Å². The van der Waals surface area contributed by atoms with Crippen molar-refractivity contribution in [3.05, 3.63) is 0 Å². The van der Waals surface area contributed by atoms with Crippen molar-refractivity contribution in [2.45, 2.75) is 43.4 Å². The summed E-state index contributed by atoms with van der Waals surface area (Å²) < 4.78 is 30.8. The van der Waals surface area contributed by atoms with E-state index in [-0.39, 0.29) is 36.9 Å². The minimum Gasteiger partial charge on any atom is -0.439 e. The Morgan fingerprint density at radius 1 is 1.05 bits per heavy atom. The van der Waals surface area contributed by atoms with Crippen molar-refractivity contribution in [1.82, 2.24) is 9.21 Å². The summed E-state index contributed by atoms with van der Waals surface area (Å²) in [6.45, 7) is 0.185. The number of carbonyl (C=O) groups is 2. The van der Waals surface area contributed by atoms with Gasteiger partial charge in [0.1, 0.15) is 0 Å². The van der Waals surface area contributed by atoms with E-state index < -0.39 is 16.1 Å². The Kier molecular flexibility index (Phi) is 3.45. The molecule has 0 bridgehead atoms. The number of carbonyl (C=O) groups excluding carboxylic acids is 2. The van der Waals surface area contributed by atoms with E-state index in [1.807, 2.05) is 0 Å². The molecule has 3 aliphatic rings. The minimum atomic E-state index is -3.28. The zero-order valence-corrected chi connectivity index (χ0v) is 12.0. The Balaban J connectivity index is 1.62. The topological polar surface area (TPSA) is 84.0 Å². The van der Waals surface area contributed by atoms with Crippen LogP contribution < -0.4 is 0 Å². The third-order valence-corrected chi connectivity index (χ3v) is 6.64. The average molecular weight is 302 g/mol. The number of cyclic esters (lactones) is 1. The Morgan fingerprint density at radius 3 is 2.25 bits per heavy atom. The molecule has 8 heteroatoms. The van der Waals surface area contributed by atoms with Gasteiger partial charge in [0.25, 0.3) is 5.91 Å². The van der Waals surface area contributed by atoms with Crippen LogP contribution >= 0.6 is 0 Å². The van der Waals surface area contributed by atoms with Crippen LogP contribution in [-0.2, 0) is 19.6 Å². The summed E-state index contributed by atoms with van der Waals surface area (Å²) >= 11 is 0. The lowest BCUT2D eigenvalue weighted by molar-refractivity contribution is -0.128. The van der Waals surface area contributed by atoms with Crippen LogP contribution in [0.1, 0.15) is 32.1 Å². The zero-order chi connectivity index (χ0) is 14.3. The highest BCUT2D eigenvalue weighted by Crippen LogP contribution is 2.30. The fourth-order valence-electron chi connectivity index (χ4n) is 3.08. The number of nitrogens with zero attached hydrogens (tertiary/aromatic N) is 2. The first-order valence-electron chi connectivity index (χ1n) is 6.98. The smallest absolute Gasteiger partial charge is 0.417 e. The first-order chi connectivity index (χ1) is 9.50. The van der Waals surface area contributed by atoms with E-state index in [0.29, 0.717) is 12.8 Å². The van der Waals surface area contributed by atoms with Crippen LogP contribution in [0.2, 0.25) is 0 Å². The van der Waals surface area contributed by atoms with Gasteiger partial charge in [-0.05, 0) is 12.8 Å². The predicted octanol–water partition coefficient (Wildman–Crippen LogP) is 0.312. The molecule has 3 rings (SSSR count). The van der Waals surface area contributed by atoms with Crippen molar-refractivity contribution in [2.24, 2.45) is 0 Å². The highest BCUT2D eigenvalue weighted by Gasteiger charge is 2.48. The summed E-state index contributed by atoms with van der Waals surface area (Å²) in [6, 6.07) is -0.365. The van der Waals surface area contributed by atoms with E-state index in [9.17, 15) is 18.0 Å². The summed E-state index contributed by atoms with van der Waals surface area (Å²) in [5.41, 5.74) is 0. The second-order valence-corrected chi connectivity index (χ2v) is 7.81. The number of hydrogen-bond donors (Lipinski definition) is 0. The molecular formula is C12H18N2O5S. The molecule has 0 aromatic heterocycles. The Labute approximate surface area is 117 Å². The van der Waals surface area contributed by atoms with Crippen LogP contribution in [0.25, 0.3) is 0 Å². The molecule has 0 aromatic rings. The van der Waals surface area contributed by atoms with Crippen LogP contribution in [0.3, 0.4) is 0 Å². The second-order valence-electron chi connectivity index (χ2n) is 5.59. The maximum absolute atomic E-state index is 12.4. The van der Waals surface area contributed by atoms with E-state index in [1.54, 1.807) is 0 Å². The van der Waals surface area contributed by atoms with Gasteiger partial charge in [-0.1, -0.05) is 19.3 Å². The highest BCUT2D eigenvalue weighted by molar-refractivity contribution is 7.89. The van der Waals surface area contributed by atoms with Gasteiger partial charge in [0.05, 0.1) is 11.3 Å². The SMILES string of the molecule is O=C1COC(=O)N1C1CN(S(=O)(=O)C2CCCCC2)C1. The molecule has 0 unspecified atom stereocenters. The van der Waals surface area contributed by atoms with Gasteiger partial charge in [0.15, 0.2) is 6.61 Å². The van der Waals surface area contributed by atoms with E-state index in [4.69, 9.17) is 0 Å². The van der Waals surface area contributed by atoms with Gasteiger partial charge >= 0.3 is 6.09 Å². The minimum absolute atomic E-state index is 0.208. The standard InChI is InChI=1S/C12H18N2O5S/c15-11-8-19-12(16)14(11)9-6-13(7-9)20(17,18)10-4-2-1-3-5-10/h9-10H,1-8H2. The lowest BCUT2D eigenvalue weighted by Crippen LogP contribution is -2.63. The molecule has 3 fully saturated rings. The largest absolute Gasteiger partial charge is 0.439 e. The fraction of sp³-hybridized carbons (Fsp3) is 0.833. The highest BCUT2D eigenvalue weighted by atomic mass is 32.2. The molecule has 1 saturated carbocycles. The van der Waals surface area contributed by atoms with Crippen molar-refractivity contribution in [3.63, 3.8) is 0 Å². The molecule has 2 amide bonds. The molecule has 7 nitrogen and oxygen atoms in total. The van der Waals surface area contributed by atoms with Crippen LogP contribution in [0.4, 0.5) is 4.79 Å². The van der Waals surface area contributed by atoms with Crippen molar-refractivity contribution < 1.29 is 22.7 Å². The van der Waals surface area contributed by atoms with Gasteiger partial charge in [0.2, 0.25) is 10.0 Å². The lowest BCUT2D eigenvalue weighted by Gasteiger charge is -2.42. The Hall–Kier alpha value is -1.15. The summed E-state index contributed by atoms with van der Waals surface area (Å²) in [6.07, 6.45) is 3.79. The molecule has 2 heterocycles. The maximum Gasteiger partial charge on any atom is 0.417 e. The van der Waals surface area contributed by atoms with E-state index >= 15 is 0 Å². The number of imide groups is 1. The van der Waals surface area contributed by atoms with Crippen molar-refractivity contribution in [1.29, 1.82) is 0 Å². The first kappa shape index (κ1) is 13.8. The van der Waals surface area contributed by atoms with Crippen molar-refractivity contribution in [2.75, 3.05) is 19.7 Å². The molecule has 2 aliphatic heterocycles. The van der Waals surface area contributed by atoms with Crippen LogP contribution in [0.15, 0.2) is 0 Å². The predicted molar refractivity (Wildman–Crippen MR) is 69.3 cm³/mol. The Bertz CT molecular complexity index is 504. The average Bonchev–Trinajstić information content (AvgIpc) is 2.70. The number of sulfonamides is 1. The van der Waals surface area contributed by atoms with Gasteiger partial charge in [-0.15, -0.1) is 0 Å². The Morgan fingerprint density at radius 2 is 1.70 bits per heavy atom. The third-order valence-electron chi connectivity index (χ3n) is 4.31. The third kappa shape index (κ3) is 2.20. The molecule has 0 radical (unpaired) electrons. The zero-order valence-electron chi connectivity index (χ0n) is 11.2. The quantitative estimate of drug-likeness (QED) is 0.749. The van der Waals surface area contributed by atoms with Crippen LogP contribution in [0, 0.1) is 0 Å². The summed E-state index contributed by atoms with van der Waals surface area (Å²) in [5.74, 6) is -0.380. The van der Waals surface area contributed by atoms with Crippen LogP contribution in [0.5, 0.6) is 0 Å². The van der Waals surface area contributed by atoms with E-state index in [1.165, 1.54) is 4.31 Å². The summed E-state index contributed by atoms with van der Waals surface area (Å²) in [7, 11) is -3.28. The van der Waals surface area contributed by atoms with Gasteiger partial charge < -0.3 is 4.74 Å². The molecule has 0 aromatic carbocycles. The molecule has 20 heavy (non-hydrogen) atoms. The molecule has 0 spiro atoms. The molecule has 2 saturated heterocycles. The van der Waals surface area contributed by atoms with E-state index in [2.05, 4.69) is 4.74 Å². The number of rotatable bonds is 3. The van der Waals surface area contributed by atoms with Crippen molar-refractivity contribution in [3.8, 4) is 0 Å². The summed E-state index contributed by atoms with van der Waals surface area (Å²) in [4.78, 5) is 23.9. The van der Waals surface area contributed by atoms with Crippen LogP contribution in [-0.4, -0.2) is 60.6 Å². The second kappa shape index (κ2) is 5.00. The number of hydrogen-bond acceptors (Lipinski definition) is 5. The maximum atomic E-state index is 12.4. The van der Waals surface area contributed by atoms with Gasteiger partial charge in [0, 0.05) is 13.1 Å². The van der Waals surface area contributed by atoms with Gasteiger partial charge in [-0.25, -0.2) is 18.1 Å². The molecule has 0 atom stereocenters. The fourth-order valence-corrected chi connectivity index (χ4v) is 5.19. The molecule has 0 N–H and O–H groups in total. The first-order valence-corrected chi connectivity index (χ1v) is 8.48. The molecular weight excluding hydrogens is 284 g/mol. The monoisotopic (exact) mass is 302 g/mol. The van der Waals surface area contributed by atoms with Gasteiger partial charge in [-0.2, -0.15) is 4.31 Å².